The van der Waals surface area contributed by atoms with Crippen LogP contribution in [0.3, 0.4) is 0 Å². The van der Waals surface area contributed by atoms with Crippen LogP contribution in [0.1, 0.15) is 39.0 Å². The summed E-state index contributed by atoms with van der Waals surface area (Å²) in [5.74, 6) is 1.20. The monoisotopic (exact) mass is 164 g/mol. The summed E-state index contributed by atoms with van der Waals surface area (Å²) in [6, 6.07) is 0. The van der Waals surface area contributed by atoms with Gasteiger partial charge in [0, 0.05) is 5.41 Å². The molecule has 0 aromatic rings. The van der Waals surface area contributed by atoms with Crippen LogP contribution in [0.2, 0.25) is 0 Å². The maximum Gasteiger partial charge on any atom is 0.164 e. The number of Topliss-reactive ketones (excluding diaryl/α,β-unsaturated/α-hetero) is 1. The third-order valence-corrected chi connectivity index (χ3v) is 3.61. The third kappa shape index (κ3) is 0.954. The molecule has 2 aliphatic carbocycles. The van der Waals surface area contributed by atoms with E-state index in [1.54, 1.807) is 0 Å². The SMILES string of the molecule is C=C(C)C(=O)C12CCC(CC1)C2. The minimum absolute atomic E-state index is 0.0521. The van der Waals surface area contributed by atoms with E-state index < -0.39 is 0 Å². The Labute approximate surface area is 73.8 Å². The Morgan fingerprint density at radius 3 is 2.33 bits per heavy atom. The molecule has 2 bridgehead atoms. The van der Waals surface area contributed by atoms with Crippen molar-refractivity contribution in [2.24, 2.45) is 11.3 Å². The van der Waals surface area contributed by atoms with E-state index >= 15 is 0 Å². The highest BCUT2D eigenvalue weighted by Crippen LogP contribution is 2.55. The smallest absolute Gasteiger partial charge is 0.164 e. The van der Waals surface area contributed by atoms with Crippen molar-refractivity contribution in [1.29, 1.82) is 0 Å². The second-order valence-electron chi connectivity index (χ2n) is 4.54. The average molecular weight is 164 g/mol. The van der Waals surface area contributed by atoms with Crippen molar-refractivity contribution >= 4 is 5.78 Å². The summed E-state index contributed by atoms with van der Waals surface area (Å²) in [5, 5.41) is 0. The van der Waals surface area contributed by atoms with Gasteiger partial charge >= 0.3 is 0 Å². The van der Waals surface area contributed by atoms with Crippen molar-refractivity contribution in [3.63, 3.8) is 0 Å². The van der Waals surface area contributed by atoms with E-state index in [4.69, 9.17) is 0 Å². The molecule has 1 heteroatoms. The van der Waals surface area contributed by atoms with Gasteiger partial charge in [0.1, 0.15) is 0 Å². The number of allylic oxidation sites excluding steroid dienone is 1. The second kappa shape index (κ2) is 2.45. The van der Waals surface area contributed by atoms with E-state index in [1.165, 1.54) is 12.8 Å². The molecule has 0 aromatic carbocycles. The molecule has 0 atom stereocenters. The predicted octanol–water partition coefficient (Wildman–Crippen LogP) is 2.71. The number of hydrogen-bond acceptors (Lipinski definition) is 1. The molecule has 0 amide bonds. The summed E-state index contributed by atoms with van der Waals surface area (Å²) in [6.45, 7) is 5.61. The Morgan fingerprint density at radius 2 is 2.00 bits per heavy atom. The van der Waals surface area contributed by atoms with Crippen molar-refractivity contribution in [1.82, 2.24) is 0 Å². The van der Waals surface area contributed by atoms with Gasteiger partial charge < -0.3 is 0 Å². The number of carbonyl (C=O) groups excluding carboxylic acids is 1. The fraction of sp³-hybridized carbons (Fsp3) is 0.727. The van der Waals surface area contributed by atoms with Gasteiger partial charge in [-0.05, 0) is 50.5 Å². The summed E-state index contributed by atoms with van der Waals surface area (Å²) in [4.78, 5) is 11.8. The van der Waals surface area contributed by atoms with E-state index in [2.05, 4.69) is 6.58 Å². The minimum Gasteiger partial charge on any atom is -0.294 e. The van der Waals surface area contributed by atoms with Gasteiger partial charge in [0.2, 0.25) is 0 Å². The van der Waals surface area contributed by atoms with Gasteiger partial charge in [0.05, 0.1) is 0 Å². The maximum absolute atomic E-state index is 11.8. The minimum atomic E-state index is 0.0521. The van der Waals surface area contributed by atoms with Crippen LogP contribution >= 0.6 is 0 Å². The molecule has 2 fully saturated rings. The van der Waals surface area contributed by atoms with Crippen LogP contribution in [0.4, 0.5) is 0 Å². The Morgan fingerprint density at radius 1 is 1.42 bits per heavy atom. The summed E-state index contributed by atoms with van der Waals surface area (Å²) in [7, 11) is 0. The summed E-state index contributed by atoms with van der Waals surface area (Å²) in [6.07, 6.45) is 5.96. The Balaban J connectivity index is 2.21. The quantitative estimate of drug-likeness (QED) is 0.573. The number of carbonyl (C=O) groups is 1. The van der Waals surface area contributed by atoms with Crippen LogP contribution in [0.5, 0.6) is 0 Å². The van der Waals surface area contributed by atoms with Crippen molar-refractivity contribution in [3.8, 4) is 0 Å². The summed E-state index contributed by atoms with van der Waals surface area (Å²) >= 11 is 0. The van der Waals surface area contributed by atoms with Gasteiger partial charge in [0.25, 0.3) is 0 Å². The Kier molecular flexibility index (Phi) is 1.64. The van der Waals surface area contributed by atoms with Crippen molar-refractivity contribution < 1.29 is 4.79 Å². The predicted molar refractivity (Wildman–Crippen MR) is 48.8 cm³/mol. The molecule has 1 nitrogen and oxygen atoms in total. The fourth-order valence-electron chi connectivity index (χ4n) is 2.96. The lowest BCUT2D eigenvalue weighted by molar-refractivity contribution is -0.124. The lowest BCUT2D eigenvalue weighted by Gasteiger charge is -2.24. The van der Waals surface area contributed by atoms with Gasteiger partial charge in [-0.25, -0.2) is 0 Å². The third-order valence-electron chi connectivity index (χ3n) is 3.61. The lowest BCUT2D eigenvalue weighted by atomic mass is 9.78. The van der Waals surface area contributed by atoms with Crippen LogP contribution in [0, 0.1) is 11.3 Å². The molecule has 12 heavy (non-hydrogen) atoms. The van der Waals surface area contributed by atoms with Crippen LogP contribution in [-0.4, -0.2) is 5.78 Å². The van der Waals surface area contributed by atoms with E-state index in [0.29, 0.717) is 5.78 Å². The first-order chi connectivity index (χ1) is 5.64. The molecule has 0 aliphatic heterocycles. The molecule has 0 radical (unpaired) electrons. The molecule has 66 valence electrons. The summed E-state index contributed by atoms with van der Waals surface area (Å²) < 4.78 is 0. The normalized spacial score (nSPS) is 38.6. The van der Waals surface area contributed by atoms with Gasteiger partial charge in [-0.2, -0.15) is 0 Å². The molecular weight excluding hydrogens is 148 g/mol. The highest BCUT2D eigenvalue weighted by molar-refractivity contribution is 5.99. The molecule has 0 saturated heterocycles. The van der Waals surface area contributed by atoms with Crippen molar-refractivity contribution in [2.45, 2.75) is 39.0 Å². The first-order valence-corrected chi connectivity index (χ1v) is 4.84. The lowest BCUT2D eigenvalue weighted by Crippen LogP contribution is -2.26. The fourth-order valence-corrected chi connectivity index (χ4v) is 2.96. The standard InChI is InChI=1S/C11H16O/c1-8(2)10(12)11-5-3-9(7-11)4-6-11/h9H,1,3-7H2,2H3. The van der Waals surface area contributed by atoms with Gasteiger partial charge in [-0.1, -0.05) is 6.58 Å². The van der Waals surface area contributed by atoms with E-state index in [9.17, 15) is 4.79 Å². The van der Waals surface area contributed by atoms with Gasteiger partial charge in [-0.15, -0.1) is 0 Å². The number of fused-ring (bicyclic) bond motifs is 2. The van der Waals surface area contributed by atoms with E-state index in [0.717, 1.165) is 30.8 Å². The van der Waals surface area contributed by atoms with Crippen molar-refractivity contribution in [3.05, 3.63) is 12.2 Å². The van der Waals surface area contributed by atoms with Crippen LogP contribution in [0.15, 0.2) is 12.2 Å². The van der Waals surface area contributed by atoms with E-state index in [1.807, 2.05) is 6.92 Å². The van der Waals surface area contributed by atoms with E-state index in [-0.39, 0.29) is 5.41 Å². The van der Waals surface area contributed by atoms with Gasteiger partial charge in [-0.3, -0.25) is 4.79 Å². The topological polar surface area (TPSA) is 17.1 Å². The molecule has 0 aromatic heterocycles. The van der Waals surface area contributed by atoms with Crippen molar-refractivity contribution in [2.75, 3.05) is 0 Å². The molecule has 0 N–H and O–H groups in total. The van der Waals surface area contributed by atoms with Gasteiger partial charge in [0.15, 0.2) is 5.78 Å². The Hall–Kier alpha value is -0.590. The zero-order valence-corrected chi connectivity index (χ0v) is 7.73. The van der Waals surface area contributed by atoms with Crippen LogP contribution < -0.4 is 0 Å². The Bertz CT molecular complexity index is 231. The van der Waals surface area contributed by atoms with Crippen LogP contribution in [0.25, 0.3) is 0 Å². The maximum atomic E-state index is 11.8. The molecule has 0 spiro atoms. The molecule has 2 aliphatic rings. The molecular formula is C11H16O. The first-order valence-electron chi connectivity index (χ1n) is 4.84. The number of rotatable bonds is 2. The molecule has 0 unspecified atom stereocenters. The molecule has 2 saturated carbocycles. The highest BCUT2D eigenvalue weighted by atomic mass is 16.1. The largest absolute Gasteiger partial charge is 0.294 e. The zero-order valence-electron chi connectivity index (χ0n) is 7.73. The molecule has 0 heterocycles. The highest BCUT2D eigenvalue weighted by Gasteiger charge is 2.49. The first kappa shape index (κ1) is 8.03. The second-order valence-corrected chi connectivity index (χ2v) is 4.54. The number of ketones is 1. The average Bonchev–Trinajstić information content (AvgIpc) is 2.62. The van der Waals surface area contributed by atoms with Crippen LogP contribution in [-0.2, 0) is 4.79 Å². The molecule has 2 rings (SSSR count). The summed E-state index contributed by atoms with van der Waals surface area (Å²) in [5.41, 5.74) is 0.814. The zero-order chi connectivity index (χ0) is 8.77. The number of hydrogen-bond donors (Lipinski definition) is 0.